The maximum absolute atomic E-state index is 9.11. The molecule has 0 aromatic rings. The summed E-state index contributed by atoms with van der Waals surface area (Å²) < 4.78 is 16.6. The normalized spacial score (nSPS) is 12.4. The molecule has 0 aliphatic carbocycles. The van der Waals surface area contributed by atoms with Gasteiger partial charge in [0.2, 0.25) is 0 Å². The molecule has 1 unspecified atom stereocenters. The van der Waals surface area contributed by atoms with Crippen LogP contribution < -0.4 is 0 Å². The zero-order chi connectivity index (χ0) is 3.58. The topological polar surface area (TPSA) is 37.3 Å². The van der Waals surface area contributed by atoms with Crippen molar-refractivity contribution in [3.05, 3.63) is 0 Å². The van der Waals surface area contributed by atoms with E-state index in [4.69, 9.17) is 8.76 Å². The van der Waals surface area contributed by atoms with E-state index in [1.54, 1.807) is 0 Å². The Bertz CT molecular complexity index is 32.6. The Kier molecular flexibility index (Phi) is 9.65. The van der Waals surface area contributed by atoms with Gasteiger partial charge in [-0.3, -0.25) is 0 Å². The third-order valence-corrected chi connectivity index (χ3v) is 0. The molecule has 28 valence electrons. The monoisotopic (exact) mass is 104 g/mol. The summed E-state index contributed by atoms with van der Waals surface area (Å²) in [5.41, 5.74) is 0. The van der Waals surface area contributed by atoms with Crippen LogP contribution in [0.4, 0.5) is 0 Å². The van der Waals surface area contributed by atoms with Crippen LogP contribution in [0.5, 0.6) is 0 Å². The average molecular weight is 104 g/mol. The Hall–Kier alpha value is 1.11. The van der Waals surface area contributed by atoms with Gasteiger partial charge in [0, 0.05) is 6.26 Å². The van der Waals surface area contributed by atoms with Gasteiger partial charge in [0.1, 0.15) is 11.1 Å². The standard InChI is InChI=1S/CH4O2S.Na.H/c1-4(2)3;;/h1H3,(H,2,3);;. The molecule has 0 saturated heterocycles. The molecule has 0 radical (unpaired) electrons. The van der Waals surface area contributed by atoms with Crippen molar-refractivity contribution in [3.63, 3.8) is 0 Å². The van der Waals surface area contributed by atoms with Crippen LogP contribution in [-0.4, -0.2) is 44.6 Å². The van der Waals surface area contributed by atoms with E-state index in [0.29, 0.717) is 0 Å². The summed E-state index contributed by atoms with van der Waals surface area (Å²) >= 11 is -1.61. The fourth-order valence-corrected chi connectivity index (χ4v) is 0. The third kappa shape index (κ3) is 40.1. The molecule has 2 nitrogen and oxygen atoms in total. The Morgan fingerprint density at radius 2 is 1.80 bits per heavy atom. The molecule has 0 spiro atoms. The number of hydrogen-bond acceptors (Lipinski definition) is 1. The molecular weight excluding hydrogens is 99.1 g/mol. The third-order valence-electron chi connectivity index (χ3n) is 0. The van der Waals surface area contributed by atoms with Crippen molar-refractivity contribution >= 4 is 40.6 Å². The Labute approximate surface area is 55.5 Å². The molecule has 0 amide bonds. The molecule has 1 atom stereocenters. The SMILES string of the molecule is CS(=O)O.[NaH]. The predicted molar refractivity (Wildman–Crippen MR) is 23.8 cm³/mol. The first-order valence-corrected chi connectivity index (χ1v) is 2.27. The Morgan fingerprint density at radius 1 is 1.80 bits per heavy atom. The molecule has 0 aromatic heterocycles. The molecule has 0 fully saturated rings. The van der Waals surface area contributed by atoms with Gasteiger partial charge >= 0.3 is 29.6 Å². The predicted octanol–water partition coefficient (Wildman–Crippen LogP) is -0.811. The van der Waals surface area contributed by atoms with Crippen molar-refractivity contribution in [2.45, 2.75) is 0 Å². The summed E-state index contributed by atoms with van der Waals surface area (Å²) in [6.07, 6.45) is 1.19. The Morgan fingerprint density at radius 3 is 1.80 bits per heavy atom. The minimum atomic E-state index is -1.61. The van der Waals surface area contributed by atoms with E-state index in [1.165, 1.54) is 6.26 Å². The van der Waals surface area contributed by atoms with Crippen LogP contribution >= 0.6 is 0 Å². The van der Waals surface area contributed by atoms with E-state index in [0.717, 1.165) is 0 Å². The van der Waals surface area contributed by atoms with Crippen molar-refractivity contribution in [3.8, 4) is 0 Å². The van der Waals surface area contributed by atoms with Gasteiger partial charge in [-0.05, 0) is 0 Å². The van der Waals surface area contributed by atoms with Gasteiger partial charge in [-0.25, -0.2) is 4.21 Å². The first kappa shape index (κ1) is 9.44. The van der Waals surface area contributed by atoms with E-state index in [-0.39, 0.29) is 29.6 Å². The fraction of sp³-hybridized carbons (Fsp3) is 1.00. The summed E-state index contributed by atoms with van der Waals surface area (Å²) in [5.74, 6) is 0. The summed E-state index contributed by atoms with van der Waals surface area (Å²) in [6.45, 7) is 0. The summed E-state index contributed by atoms with van der Waals surface area (Å²) in [5, 5.41) is 0. The Balaban J connectivity index is 0. The van der Waals surface area contributed by atoms with Gasteiger partial charge in [0.05, 0.1) is 0 Å². The van der Waals surface area contributed by atoms with Crippen LogP contribution in [0.1, 0.15) is 0 Å². The van der Waals surface area contributed by atoms with Crippen LogP contribution in [0, 0.1) is 0 Å². The quantitative estimate of drug-likeness (QED) is 0.322. The van der Waals surface area contributed by atoms with Crippen molar-refractivity contribution < 1.29 is 8.76 Å². The zero-order valence-corrected chi connectivity index (χ0v) is 3.08. The van der Waals surface area contributed by atoms with Crippen molar-refractivity contribution in [1.29, 1.82) is 0 Å². The van der Waals surface area contributed by atoms with E-state index in [2.05, 4.69) is 0 Å². The van der Waals surface area contributed by atoms with Crippen LogP contribution in [-0.2, 0) is 11.1 Å². The van der Waals surface area contributed by atoms with Crippen LogP contribution in [0.3, 0.4) is 0 Å². The minimum absolute atomic E-state index is 0. The van der Waals surface area contributed by atoms with Crippen LogP contribution in [0.2, 0.25) is 0 Å². The first-order valence-electron chi connectivity index (χ1n) is 0.757. The van der Waals surface area contributed by atoms with Crippen molar-refractivity contribution in [2.75, 3.05) is 6.26 Å². The molecule has 4 heteroatoms. The molecular formula is CH5NaO2S. The van der Waals surface area contributed by atoms with Crippen LogP contribution in [0.25, 0.3) is 0 Å². The fourth-order valence-electron chi connectivity index (χ4n) is 0. The second-order valence-corrected chi connectivity index (χ2v) is 1.27. The van der Waals surface area contributed by atoms with Gasteiger partial charge in [-0.15, -0.1) is 0 Å². The summed E-state index contributed by atoms with van der Waals surface area (Å²) in [6, 6.07) is 0. The summed E-state index contributed by atoms with van der Waals surface area (Å²) in [4.78, 5) is 0. The molecule has 0 rings (SSSR count). The second-order valence-electron chi connectivity index (χ2n) is 0.424. The molecule has 5 heavy (non-hydrogen) atoms. The van der Waals surface area contributed by atoms with Crippen molar-refractivity contribution in [2.24, 2.45) is 0 Å². The van der Waals surface area contributed by atoms with Gasteiger partial charge < -0.3 is 4.55 Å². The van der Waals surface area contributed by atoms with E-state index < -0.39 is 11.1 Å². The van der Waals surface area contributed by atoms with E-state index >= 15 is 0 Å². The van der Waals surface area contributed by atoms with E-state index in [9.17, 15) is 0 Å². The van der Waals surface area contributed by atoms with Gasteiger partial charge in [0.15, 0.2) is 0 Å². The second kappa shape index (κ2) is 5.11. The molecule has 1 N–H and O–H groups in total. The van der Waals surface area contributed by atoms with Crippen LogP contribution in [0.15, 0.2) is 0 Å². The van der Waals surface area contributed by atoms with E-state index in [1.807, 2.05) is 0 Å². The van der Waals surface area contributed by atoms with Gasteiger partial charge in [-0.2, -0.15) is 0 Å². The average Bonchev–Trinajstić information content (AvgIpc) is 0.811. The molecule has 0 aromatic carbocycles. The summed E-state index contributed by atoms with van der Waals surface area (Å²) in [7, 11) is 0. The first-order chi connectivity index (χ1) is 1.73. The maximum atomic E-state index is 9.11. The molecule has 0 aliphatic heterocycles. The molecule has 0 aliphatic rings. The molecule has 0 heterocycles. The zero-order valence-electron chi connectivity index (χ0n) is 2.26. The number of rotatable bonds is 0. The number of hydrogen-bond donors (Lipinski definition) is 1. The molecule has 0 bridgehead atoms. The molecule has 0 saturated carbocycles. The van der Waals surface area contributed by atoms with Crippen molar-refractivity contribution in [1.82, 2.24) is 0 Å². The van der Waals surface area contributed by atoms with Gasteiger partial charge in [-0.1, -0.05) is 0 Å². The van der Waals surface area contributed by atoms with Gasteiger partial charge in [0.25, 0.3) is 0 Å².